The molecule has 2 aliphatic heterocycles. The molecular formula is C19H22F2N2O3. The van der Waals surface area contributed by atoms with E-state index in [9.17, 15) is 18.4 Å². The zero-order valence-electron chi connectivity index (χ0n) is 14.7. The van der Waals surface area contributed by atoms with Gasteiger partial charge in [-0.15, -0.1) is 0 Å². The Balaban J connectivity index is 1.59. The zero-order chi connectivity index (χ0) is 18.5. The molecule has 2 atom stereocenters. The SMILES string of the molecule is CN1CC(c2ccccc2)C2(CN(C(=O)C3CC(F)(F)C3)CCO2)C1=O. The largest absolute Gasteiger partial charge is 0.361 e. The molecule has 0 N–H and O–H groups in total. The monoisotopic (exact) mass is 364 g/mol. The third-order valence-corrected chi connectivity index (χ3v) is 5.83. The summed E-state index contributed by atoms with van der Waals surface area (Å²) in [6, 6.07) is 9.64. The van der Waals surface area contributed by atoms with E-state index in [2.05, 4.69) is 0 Å². The molecule has 2 saturated heterocycles. The lowest BCUT2D eigenvalue weighted by molar-refractivity contribution is -0.178. The van der Waals surface area contributed by atoms with Gasteiger partial charge >= 0.3 is 0 Å². The molecule has 1 aromatic rings. The summed E-state index contributed by atoms with van der Waals surface area (Å²) in [5.41, 5.74) is -0.148. The molecule has 3 aliphatic rings. The molecule has 5 nitrogen and oxygen atoms in total. The van der Waals surface area contributed by atoms with Crippen molar-refractivity contribution in [3.63, 3.8) is 0 Å². The molecule has 2 amide bonds. The van der Waals surface area contributed by atoms with Gasteiger partial charge in [0.2, 0.25) is 11.8 Å². The Labute approximate surface area is 150 Å². The maximum absolute atomic E-state index is 13.2. The lowest BCUT2D eigenvalue weighted by Gasteiger charge is -2.44. The minimum absolute atomic E-state index is 0.122. The number of hydrogen-bond acceptors (Lipinski definition) is 3. The third-order valence-electron chi connectivity index (χ3n) is 5.83. The van der Waals surface area contributed by atoms with Gasteiger partial charge in [-0.25, -0.2) is 8.78 Å². The van der Waals surface area contributed by atoms with Crippen LogP contribution in [-0.2, 0) is 14.3 Å². The number of likely N-dealkylation sites (N-methyl/N-ethyl adjacent to an activating group) is 1. The van der Waals surface area contributed by atoms with Crippen LogP contribution < -0.4 is 0 Å². The first-order valence-corrected chi connectivity index (χ1v) is 8.93. The van der Waals surface area contributed by atoms with Crippen LogP contribution in [0.4, 0.5) is 8.78 Å². The average molecular weight is 364 g/mol. The standard InChI is InChI=1S/C19H22F2N2O3/c1-22-11-15(13-5-3-2-4-6-13)19(17(22)25)12-23(7-8-26-19)16(24)14-9-18(20,21)10-14/h2-6,14-15H,7-12H2,1H3. The molecule has 1 saturated carbocycles. The van der Waals surface area contributed by atoms with E-state index in [-0.39, 0.29) is 30.9 Å². The second kappa shape index (κ2) is 6.01. The van der Waals surface area contributed by atoms with E-state index in [4.69, 9.17) is 4.74 Å². The number of benzene rings is 1. The maximum atomic E-state index is 13.2. The Hall–Kier alpha value is -2.02. The number of halogens is 2. The van der Waals surface area contributed by atoms with Crippen LogP contribution in [0.5, 0.6) is 0 Å². The van der Waals surface area contributed by atoms with Crippen LogP contribution in [-0.4, -0.2) is 66.4 Å². The number of carbonyl (C=O) groups excluding carboxylic acids is 2. The van der Waals surface area contributed by atoms with E-state index in [0.717, 1.165) is 5.56 Å². The van der Waals surface area contributed by atoms with Crippen molar-refractivity contribution in [1.29, 1.82) is 0 Å². The van der Waals surface area contributed by atoms with Crippen LogP contribution in [0.25, 0.3) is 0 Å². The van der Waals surface area contributed by atoms with Crippen molar-refractivity contribution in [1.82, 2.24) is 9.80 Å². The highest BCUT2D eigenvalue weighted by molar-refractivity contribution is 5.91. The first-order chi connectivity index (χ1) is 12.3. The van der Waals surface area contributed by atoms with Gasteiger partial charge in [-0.05, 0) is 5.56 Å². The van der Waals surface area contributed by atoms with E-state index in [0.29, 0.717) is 13.1 Å². The number of amides is 2. The molecule has 3 fully saturated rings. The number of carbonyl (C=O) groups is 2. The summed E-state index contributed by atoms with van der Waals surface area (Å²) in [6.07, 6.45) is -0.793. The van der Waals surface area contributed by atoms with Crippen molar-refractivity contribution in [3.8, 4) is 0 Å². The van der Waals surface area contributed by atoms with Crippen molar-refractivity contribution < 1.29 is 23.1 Å². The highest BCUT2D eigenvalue weighted by Crippen LogP contribution is 2.45. The number of likely N-dealkylation sites (tertiary alicyclic amines) is 1. The summed E-state index contributed by atoms with van der Waals surface area (Å²) in [6.45, 7) is 1.20. The molecule has 2 heterocycles. The Morgan fingerprint density at radius 2 is 1.92 bits per heavy atom. The summed E-state index contributed by atoms with van der Waals surface area (Å²) in [5.74, 6) is -4.01. The molecule has 26 heavy (non-hydrogen) atoms. The normalized spacial score (nSPS) is 31.3. The maximum Gasteiger partial charge on any atom is 0.257 e. The Kier molecular flexibility index (Phi) is 4.02. The molecule has 140 valence electrons. The summed E-state index contributed by atoms with van der Waals surface area (Å²) >= 11 is 0. The van der Waals surface area contributed by atoms with Gasteiger partial charge in [-0.2, -0.15) is 0 Å². The summed E-state index contributed by atoms with van der Waals surface area (Å²) in [4.78, 5) is 28.8. The van der Waals surface area contributed by atoms with Gasteiger partial charge in [-0.1, -0.05) is 30.3 Å². The molecule has 2 unspecified atom stereocenters. The highest BCUT2D eigenvalue weighted by atomic mass is 19.3. The van der Waals surface area contributed by atoms with E-state index >= 15 is 0 Å². The Bertz CT molecular complexity index is 719. The van der Waals surface area contributed by atoms with Gasteiger partial charge in [0.05, 0.1) is 13.2 Å². The number of nitrogens with zero attached hydrogens (tertiary/aromatic N) is 2. The van der Waals surface area contributed by atoms with Gasteiger partial charge in [0.25, 0.3) is 5.91 Å². The zero-order valence-corrected chi connectivity index (χ0v) is 14.7. The molecule has 1 aliphatic carbocycles. The summed E-state index contributed by atoms with van der Waals surface area (Å²) < 4.78 is 32.3. The first-order valence-electron chi connectivity index (χ1n) is 8.93. The van der Waals surface area contributed by atoms with Gasteiger partial charge < -0.3 is 14.5 Å². The van der Waals surface area contributed by atoms with E-state index in [1.54, 1.807) is 16.8 Å². The van der Waals surface area contributed by atoms with Crippen LogP contribution >= 0.6 is 0 Å². The molecule has 0 aromatic heterocycles. The minimum Gasteiger partial charge on any atom is -0.361 e. The molecule has 1 spiro atoms. The van der Waals surface area contributed by atoms with E-state index in [1.807, 2.05) is 30.3 Å². The fourth-order valence-electron chi connectivity index (χ4n) is 4.40. The van der Waals surface area contributed by atoms with Gasteiger partial charge in [-0.3, -0.25) is 9.59 Å². The minimum atomic E-state index is -2.74. The second-order valence-electron chi connectivity index (χ2n) is 7.61. The van der Waals surface area contributed by atoms with Crippen molar-refractivity contribution in [2.75, 3.05) is 33.3 Å². The topological polar surface area (TPSA) is 49.9 Å². The second-order valence-corrected chi connectivity index (χ2v) is 7.61. The van der Waals surface area contributed by atoms with Crippen molar-refractivity contribution >= 4 is 11.8 Å². The lowest BCUT2D eigenvalue weighted by atomic mass is 9.79. The fourth-order valence-corrected chi connectivity index (χ4v) is 4.40. The molecule has 1 aromatic carbocycles. The van der Waals surface area contributed by atoms with Crippen LogP contribution in [0.15, 0.2) is 30.3 Å². The smallest absolute Gasteiger partial charge is 0.257 e. The van der Waals surface area contributed by atoms with Crippen molar-refractivity contribution in [2.45, 2.75) is 30.3 Å². The van der Waals surface area contributed by atoms with Gasteiger partial charge in [0.1, 0.15) is 0 Å². The predicted molar refractivity (Wildman–Crippen MR) is 89.8 cm³/mol. The fraction of sp³-hybridized carbons (Fsp3) is 0.579. The van der Waals surface area contributed by atoms with E-state index < -0.39 is 30.3 Å². The van der Waals surface area contributed by atoms with Crippen molar-refractivity contribution in [3.05, 3.63) is 35.9 Å². The number of morpholine rings is 1. The van der Waals surface area contributed by atoms with E-state index in [1.165, 1.54) is 0 Å². The number of alkyl halides is 2. The van der Waals surface area contributed by atoms with Crippen LogP contribution in [0.1, 0.15) is 24.3 Å². The molecule has 0 radical (unpaired) electrons. The highest BCUT2D eigenvalue weighted by Gasteiger charge is 2.58. The summed E-state index contributed by atoms with van der Waals surface area (Å²) in [5, 5.41) is 0. The summed E-state index contributed by atoms with van der Waals surface area (Å²) in [7, 11) is 1.73. The van der Waals surface area contributed by atoms with Crippen LogP contribution in [0.2, 0.25) is 0 Å². The Morgan fingerprint density at radius 1 is 1.23 bits per heavy atom. The first kappa shape index (κ1) is 17.4. The lowest BCUT2D eigenvalue weighted by Crippen LogP contribution is -2.61. The molecule has 7 heteroatoms. The average Bonchev–Trinajstić information content (AvgIpc) is 2.85. The molecular weight excluding hydrogens is 342 g/mol. The Morgan fingerprint density at radius 3 is 2.58 bits per heavy atom. The predicted octanol–water partition coefficient (Wildman–Crippen LogP) is 1.89. The quantitative estimate of drug-likeness (QED) is 0.805. The number of ether oxygens (including phenoxy) is 1. The van der Waals surface area contributed by atoms with Crippen LogP contribution in [0.3, 0.4) is 0 Å². The number of hydrogen-bond donors (Lipinski definition) is 0. The molecule has 0 bridgehead atoms. The van der Waals surface area contributed by atoms with Crippen molar-refractivity contribution in [2.24, 2.45) is 5.92 Å². The number of rotatable bonds is 2. The van der Waals surface area contributed by atoms with Gasteiger partial charge in [0.15, 0.2) is 5.60 Å². The molecule has 4 rings (SSSR count). The van der Waals surface area contributed by atoms with Gasteiger partial charge in [0, 0.05) is 44.8 Å². The third kappa shape index (κ3) is 2.69. The van der Waals surface area contributed by atoms with Crippen LogP contribution in [0, 0.1) is 5.92 Å².